The third-order valence-electron chi connectivity index (χ3n) is 5.17. The first kappa shape index (κ1) is 15.4. The third-order valence-corrected chi connectivity index (χ3v) is 5.17. The standard InChI is InChI=1S/C21H18N2O2/c1-14-18-17(19(20(24)25)23-22-18)12-13-21(14,15-8-4-2-5-9-15)16-10-6-3-7-11-16/h2-14H,1H3,(H,22,23)(H,24,25). The fourth-order valence-electron chi connectivity index (χ4n) is 3.90. The Kier molecular flexibility index (Phi) is 3.53. The van der Waals surface area contributed by atoms with E-state index in [2.05, 4.69) is 47.5 Å². The Morgan fingerprint density at radius 3 is 2.12 bits per heavy atom. The number of benzene rings is 2. The summed E-state index contributed by atoms with van der Waals surface area (Å²) < 4.78 is 0. The van der Waals surface area contributed by atoms with Crippen molar-refractivity contribution in [2.45, 2.75) is 18.3 Å². The van der Waals surface area contributed by atoms with Gasteiger partial charge in [0.25, 0.3) is 0 Å². The van der Waals surface area contributed by atoms with Gasteiger partial charge in [0.1, 0.15) is 0 Å². The van der Waals surface area contributed by atoms with E-state index >= 15 is 0 Å². The molecular weight excluding hydrogens is 312 g/mol. The van der Waals surface area contributed by atoms with E-state index in [0.717, 1.165) is 5.69 Å². The molecule has 4 nitrogen and oxygen atoms in total. The van der Waals surface area contributed by atoms with Crippen LogP contribution in [0.4, 0.5) is 0 Å². The van der Waals surface area contributed by atoms with Crippen LogP contribution in [0, 0.1) is 0 Å². The Balaban J connectivity index is 1.97. The molecule has 1 heterocycles. The van der Waals surface area contributed by atoms with Gasteiger partial charge in [-0.3, -0.25) is 5.10 Å². The van der Waals surface area contributed by atoms with Gasteiger partial charge < -0.3 is 5.11 Å². The van der Waals surface area contributed by atoms with Gasteiger partial charge in [0.15, 0.2) is 5.69 Å². The highest BCUT2D eigenvalue weighted by Gasteiger charge is 2.43. The van der Waals surface area contributed by atoms with Gasteiger partial charge in [0, 0.05) is 22.6 Å². The van der Waals surface area contributed by atoms with Crippen molar-refractivity contribution in [2.24, 2.45) is 0 Å². The Morgan fingerprint density at radius 1 is 1.04 bits per heavy atom. The van der Waals surface area contributed by atoms with Gasteiger partial charge in [0.05, 0.1) is 0 Å². The number of carboxylic acids is 1. The highest BCUT2D eigenvalue weighted by molar-refractivity contribution is 5.91. The van der Waals surface area contributed by atoms with Gasteiger partial charge in [-0.2, -0.15) is 5.10 Å². The first-order valence-corrected chi connectivity index (χ1v) is 8.26. The number of aromatic carboxylic acids is 1. The number of hydrogen-bond acceptors (Lipinski definition) is 2. The van der Waals surface area contributed by atoms with Gasteiger partial charge >= 0.3 is 5.97 Å². The number of aromatic nitrogens is 2. The summed E-state index contributed by atoms with van der Waals surface area (Å²) >= 11 is 0. The van der Waals surface area contributed by atoms with E-state index in [1.807, 2.05) is 42.5 Å². The van der Waals surface area contributed by atoms with Crippen molar-refractivity contribution < 1.29 is 9.90 Å². The summed E-state index contributed by atoms with van der Waals surface area (Å²) in [6.07, 6.45) is 4.01. The van der Waals surface area contributed by atoms with Crippen molar-refractivity contribution in [2.75, 3.05) is 0 Å². The van der Waals surface area contributed by atoms with E-state index in [1.165, 1.54) is 11.1 Å². The maximum Gasteiger partial charge on any atom is 0.357 e. The van der Waals surface area contributed by atoms with E-state index in [0.29, 0.717) is 5.56 Å². The van der Waals surface area contributed by atoms with E-state index in [1.54, 1.807) is 0 Å². The lowest BCUT2D eigenvalue weighted by molar-refractivity contribution is 0.0690. The Morgan fingerprint density at radius 2 is 1.60 bits per heavy atom. The lowest BCUT2D eigenvalue weighted by atomic mass is 9.62. The van der Waals surface area contributed by atoms with Crippen LogP contribution in [-0.2, 0) is 5.41 Å². The molecule has 2 aromatic carbocycles. The van der Waals surface area contributed by atoms with Gasteiger partial charge in [-0.25, -0.2) is 4.79 Å². The van der Waals surface area contributed by atoms with Crippen LogP contribution in [-0.4, -0.2) is 21.3 Å². The first-order chi connectivity index (χ1) is 12.1. The third kappa shape index (κ3) is 2.22. The Labute approximate surface area is 145 Å². The summed E-state index contributed by atoms with van der Waals surface area (Å²) in [7, 11) is 0. The van der Waals surface area contributed by atoms with Crippen LogP contribution in [0.25, 0.3) is 6.08 Å². The summed E-state index contributed by atoms with van der Waals surface area (Å²) in [6, 6.07) is 20.6. The fourth-order valence-corrected chi connectivity index (χ4v) is 3.90. The summed E-state index contributed by atoms with van der Waals surface area (Å²) in [5.41, 5.74) is 3.56. The number of carboxylic acid groups (broad SMARTS) is 1. The molecule has 0 saturated carbocycles. The second kappa shape index (κ2) is 5.74. The van der Waals surface area contributed by atoms with Crippen molar-refractivity contribution in [3.05, 3.63) is 94.8 Å². The van der Waals surface area contributed by atoms with Crippen LogP contribution in [0.5, 0.6) is 0 Å². The number of H-pyrrole nitrogens is 1. The van der Waals surface area contributed by atoms with E-state index in [4.69, 9.17) is 0 Å². The molecule has 0 bridgehead atoms. The molecule has 0 amide bonds. The minimum absolute atomic E-state index is 0.0119. The number of nitrogens with zero attached hydrogens (tertiary/aromatic N) is 1. The van der Waals surface area contributed by atoms with Crippen LogP contribution in [0.3, 0.4) is 0 Å². The molecule has 25 heavy (non-hydrogen) atoms. The average molecular weight is 330 g/mol. The molecule has 0 radical (unpaired) electrons. The summed E-state index contributed by atoms with van der Waals surface area (Å²) in [5, 5.41) is 16.4. The molecule has 3 aromatic rings. The SMILES string of the molecule is CC1c2[nH]nc(C(=O)O)c2C=CC1(c1ccccc1)c1ccccc1. The molecule has 0 spiro atoms. The fraction of sp³-hybridized carbons (Fsp3) is 0.143. The number of aromatic amines is 1. The molecule has 1 aliphatic rings. The van der Waals surface area contributed by atoms with Crippen molar-refractivity contribution in [3.8, 4) is 0 Å². The maximum atomic E-state index is 11.4. The largest absolute Gasteiger partial charge is 0.476 e. The van der Waals surface area contributed by atoms with Crippen LogP contribution >= 0.6 is 0 Å². The summed E-state index contributed by atoms with van der Waals surface area (Å²) in [6.45, 7) is 2.12. The minimum Gasteiger partial charge on any atom is -0.476 e. The molecule has 4 rings (SSSR count). The zero-order valence-corrected chi connectivity index (χ0v) is 13.8. The Hall–Kier alpha value is -3.14. The molecule has 0 aliphatic heterocycles. The molecule has 1 aromatic heterocycles. The van der Waals surface area contributed by atoms with Crippen LogP contribution < -0.4 is 0 Å². The summed E-state index contributed by atoms with van der Waals surface area (Å²) in [5.74, 6) is -1.00. The van der Waals surface area contributed by atoms with E-state index in [-0.39, 0.29) is 17.0 Å². The lowest BCUT2D eigenvalue weighted by Crippen LogP contribution is -2.34. The molecule has 2 N–H and O–H groups in total. The Bertz CT molecular complexity index is 903. The molecule has 4 heteroatoms. The number of rotatable bonds is 3. The summed E-state index contributed by atoms with van der Waals surface area (Å²) in [4.78, 5) is 11.4. The van der Waals surface area contributed by atoms with E-state index < -0.39 is 5.97 Å². The van der Waals surface area contributed by atoms with Gasteiger partial charge in [-0.1, -0.05) is 79.7 Å². The number of hydrogen-bond donors (Lipinski definition) is 2. The molecule has 0 fully saturated rings. The van der Waals surface area contributed by atoms with Gasteiger partial charge in [-0.15, -0.1) is 0 Å². The maximum absolute atomic E-state index is 11.4. The second-order valence-corrected chi connectivity index (χ2v) is 6.36. The van der Waals surface area contributed by atoms with Gasteiger partial charge in [0.2, 0.25) is 0 Å². The zero-order valence-electron chi connectivity index (χ0n) is 13.8. The molecule has 124 valence electrons. The molecular formula is C21H18N2O2. The topological polar surface area (TPSA) is 66.0 Å². The normalized spacial score (nSPS) is 17.9. The van der Waals surface area contributed by atoms with Crippen LogP contribution in [0.1, 0.15) is 45.7 Å². The minimum atomic E-state index is -1.01. The van der Waals surface area contributed by atoms with Crippen molar-refractivity contribution >= 4 is 12.0 Å². The van der Waals surface area contributed by atoms with E-state index in [9.17, 15) is 9.90 Å². The predicted molar refractivity (Wildman–Crippen MR) is 96.7 cm³/mol. The lowest BCUT2D eigenvalue weighted by Gasteiger charge is -2.40. The monoisotopic (exact) mass is 330 g/mol. The number of fused-ring (bicyclic) bond motifs is 1. The van der Waals surface area contributed by atoms with Crippen molar-refractivity contribution in [1.29, 1.82) is 0 Å². The quantitative estimate of drug-likeness (QED) is 0.755. The number of carbonyl (C=O) groups is 1. The van der Waals surface area contributed by atoms with Crippen molar-refractivity contribution in [3.63, 3.8) is 0 Å². The molecule has 1 aliphatic carbocycles. The average Bonchev–Trinajstić information content (AvgIpc) is 3.09. The predicted octanol–water partition coefficient (Wildman–Crippen LogP) is 4.22. The molecule has 1 atom stereocenters. The molecule has 0 saturated heterocycles. The highest BCUT2D eigenvalue weighted by Crippen LogP contribution is 2.49. The second-order valence-electron chi connectivity index (χ2n) is 6.36. The zero-order chi connectivity index (χ0) is 17.4. The number of nitrogens with one attached hydrogen (secondary N) is 1. The van der Waals surface area contributed by atoms with Gasteiger partial charge in [-0.05, 0) is 11.1 Å². The smallest absolute Gasteiger partial charge is 0.357 e. The highest BCUT2D eigenvalue weighted by atomic mass is 16.4. The van der Waals surface area contributed by atoms with Crippen molar-refractivity contribution in [1.82, 2.24) is 10.2 Å². The molecule has 1 unspecified atom stereocenters. The van der Waals surface area contributed by atoms with Crippen LogP contribution in [0.15, 0.2) is 66.7 Å². The van der Waals surface area contributed by atoms with Crippen LogP contribution in [0.2, 0.25) is 0 Å². The first-order valence-electron chi connectivity index (χ1n) is 8.26. The number of allylic oxidation sites excluding steroid dienone is 1.